The number of hydrogen-bond donors (Lipinski definition) is 1. The van der Waals surface area contributed by atoms with Crippen molar-refractivity contribution in [2.75, 3.05) is 26.2 Å². The van der Waals surface area contributed by atoms with E-state index in [1.807, 2.05) is 36.1 Å². The minimum atomic E-state index is -0.163. The van der Waals surface area contributed by atoms with Crippen molar-refractivity contribution in [3.05, 3.63) is 34.3 Å². The van der Waals surface area contributed by atoms with Gasteiger partial charge in [-0.2, -0.15) is 0 Å². The van der Waals surface area contributed by atoms with Crippen LogP contribution in [0.1, 0.15) is 17.3 Å². The van der Waals surface area contributed by atoms with E-state index in [1.165, 1.54) is 0 Å². The highest BCUT2D eigenvalue weighted by Crippen LogP contribution is 2.19. The van der Waals surface area contributed by atoms with Crippen LogP contribution < -0.4 is 5.32 Å². The standard InChI is InChI=1S/C15H18BrN3O2/c1-10(14(20)11-2-4-12(16)5-3-11)18-6-7-19-13(9-18)8-17-15(19)21/h2-5,10,13H,6-9H2,1H3,(H,17,21). The minimum Gasteiger partial charge on any atom is -0.336 e. The maximum absolute atomic E-state index is 12.6. The number of hydrogen-bond acceptors (Lipinski definition) is 3. The van der Waals surface area contributed by atoms with Gasteiger partial charge in [0.15, 0.2) is 5.78 Å². The fourth-order valence-corrected chi connectivity index (χ4v) is 3.27. The molecule has 2 atom stereocenters. The summed E-state index contributed by atoms with van der Waals surface area (Å²) in [6.07, 6.45) is 0. The number of piperazine rings is 1. The number of carbonyl (C=O) groups excluding carboxylic acids is 2. The predicted molar refractivity (Wildman–Crippen MR) is 83.4 cm³/mol. The van der Waals surface area contributed by atoms with Gasteiger partial charge in [-0.25, -0.2) is 4.79 Å². The van der Waals surface area contributed by atoms with Crippen LogP contribution in [0.4, 0.5) is 4.79 Å². The molecule has 6 heteroatoms. The molecule has 5 nitrogen and oxygen atoms in total. The van der Waals surface area contributed by atoms with E-state index in [4.69, 9.17) is 0 Å². The lowest BCUT2D eigenvalue weighted by Crippen LogP contribution is -2.55. The maximum atomic E-state index is 12.6. The van der Waals surface area contributed by atoms with Crippen molar-refractivity contribution in [3.8, 4) is 0 Å². The molecule has 0 bridgehead atoms. The number of nitrogens with zero attached hydrogens (tertiary/aromatic N) is 2. The first-order valence-corrected chi connectivity index (χ1v) is 7.94. The normalized spacial score (nSPS) is 23.6. The van der Waals surface area contributed by atoms with Crippen LogP contribution in [0.5, 0.6) is 0 Å². The van der Waals surface area contributed by atoms with Gasteiger partial charge in [-0.05, 0) is 19.1 Å². The molecule has 2 heterocycles. The van der Waals surface area contributed by atoms with Gasteiger partial charge in [0.2, 0.25) is 0 Å². The number of amides is 2. The van der Waals surface area contributed by atoms with Crippen molar-refractivity contribution in [2.45, 2.75) is 19.0 Å². The molecule has 1 aromatic carbocycles. The zero-order valence-electron chi connectivity index (χ0n) is 11.9. The molecule has 1 aromatic rings. The molecule has 3 rings (SSSR count). The number of ketones is 1. The van der Waals surface area contributed by atoms with E-state index in [2.05, 4.69) is 26.1 Å². The van der Waals surface area contributed by atoms with Crippen LogP contribution in [-0.2, 0) is 0 Å². The van der Waals surface area contributed by atoms with Gasteiger partial charge >= 0.3 is 6.03 Å². The number of halogens is 1. The summed E-state index contributed by atoms with van der Waals surface area (Å²) in [5.74, 6) is 0.133. The third kappa shape index (κ3) is 2.82. The summed E-state index contributed by atoms with van der Waals surface area (Å²) in [6, 6.07) is 7.51. The third-order valence-electron chi connectivity index (χ3n) is 4.32. The quantitative estimate of drug-likeness (QED) is 0.843. The van der Waals surface area contributed by atoms with Crippen LogP contribution in [0.25, 0.3) is 0 Å². The Morgan fingerprint density at radius 3 is 2.76 bits per heavy atom. The van der Waals surface area contributed by atoms with Crippen LogP contribution in [0, 0.1) is 0 Å². The Kier molecular flexibility index (Phi) is 3.99. The number of urea groups is 1. The van der Waals surface area contributed by atoms with Crippen molar-refractivity contribution in [1.82, 2.24) is 15.1 Å². The molecule has 0 aromatic heterocycles. The van der Waals surface area contributed by atoms with E-state index >= 15 is 0 Å². The lowest BCUT2D eigenvalue weighted by atomic mass is 10.0. The minimum absolute atomic E-state index is 0.0199. The average molecular weight is 352 g/mol. The van der Waals surface area contributed by atoms with Crippen molar-refractivity contribution in [1.29, 1.82) is 0 Å². The largest absolute Gasteiger partial charge is 0.336 e. The Labute approximate surface area is 132 Å². The van der Waals surface area contributed by atoms with Gasteiger partial charge in [0.1, 0.15) is 0 Å². The van der Waals surface area contributed by atoms with Gasteiger partial charge in [-0.1, -0.05) is 28.1 Å². The van der Waals surface area contributed by atoms with E-state index in [0.717, 1.165) is 23.1 Å². The van der Waals surface area contributed by atoms with E-state index in [9.17, 15) is 9.59 Å². The first kappa shape index (κ1) is 14.5. The summed E-state index contributed by atoms with van der Waals surface area (Å²) in [7, 11) is 0. The Bertz CT molecular complexity index is 561. The zero-order valence-corrected chi connectivity index (χ0v) is 13.5. The predicted octanol–water partition coefficient (Wildman–Crippen LogP) is 1.73. The number of carbonyl (C=O) groups is 2. The molecular formula is C15H18BrN3O2. The van der Waals surface area contributed by atoms with Crippen molar-refractivity contribution < 1.29 is 9.59 Å². The Morgan fingerprint density at radius 1 is 1.33 bits per heavy atom. The molecule has 0 radical (unpaired) electrons. The van der Waals surface area contributed by atoms with E-state index in [-0.39, 0.29) is 23.9 Å². The lowest BCUT2D eigenvalue weighted by Gasteiger charge is -2.39. The van der Waals surface area contributed by atoms with E-state index < -0.39 is 0 Å². The molecule has 0 aliphatic carbocycles. The summed E-state index contributed by atoms with van der Waals surface area (Å²) in [5, 5.41) is 2.86. The molecule has 0 spiro atoms. The van der Waals surface area contributed by atoms with E-state index in [0.29, 0.717) is 13.1 Å². The Balaban J connectivity index is 1.68. The highest BCUT2D eigenvalue weighted by Gasteiger charge is 2.37. The lowest BCUT2D eigenvalue weighted by molar-refractivity contribution is 0.0677. The number of benzene rings is 1. The third-order valence-corrected chi connectivity index (χ3v) is 4.85. The van der Waals surface area contributed by atoms with Crippen molar-refractivity contribution in [2.24, 2.45) is 0 Å². The van der Waals surface area contributed by atoms with Gasteiger partial charge in [-0.15, -0.1) is 0 Å². The topological polar surface area (TPSA) is 52.7 Å². The van der Waals surface area contributed by atoms with Crippen LogP contribution in [0.2, 0.25) is 0 Å². The Hall–Kier alpha value is -1.40. The fourth-order valence-electron chi connectivity index (χ4n) is 3.00. The molecule has 2 saturated heterocycles. The summed E-state index contributed by atoms with van der Waals surface area (Å²) in [5.41, 5.74) is 0.730. The second-order valence-electron chi connectivity index (χ2n) is 5.58. The van der Waals surface area contributed by atoms with Crippen LogP contribution in [0.15, 0.2) is 28.7 Å². The molecule has 2 amide bonds. The number of rotatable bonds is 3. The van der Waals surface area contributed by atoms with Gasteiger partial charge in [0.25, 0.3) is 0 Å². The first-order valence-electron chi connectivity index (χ1n) is 7.14. The second kappa shape index (κ2) is 5.77. The zero-order chi connectivity index (χ0) is 15.0. The highest BCUT2D eigenvalue weighted by atomic mass is 79.9. The molecule has 0 saturated carbocycles. The number of fused-ring (bicyclic) bond motifs is 1. The van der Waals surface area contributed by atoms with Crippen molar-refractivity contribution in [3.63, 3.8) is 0 Å². The highest BCUT2D eigenvalue weighted by molar-refractivity contribution is 9.10. The molecule has 2 aliphatic heterocycles. The number of nitrogens with one attached hydrogen (secondary N) is 1. The smallest absolute Gasteiger partial charge is 0.317 e. The molecule has 2 aliphatic rings. The average Bonchev–Trinajstić information content (AvgIpc) is 2.87. The van der Waals surface area contributed by atoms with Gasteiger partial charge in [0, 0.05) is 36.2 Å². The molecule has 21 heavy (non-hydrogen) atoms. The molecular weight excluding hydrogens is 334 g/mol. The van der Waals surface area contributed by atoms with Gasteiger partial charge in [-0.3, -0.25) is 9.69 Å². The van der Waals surface area contributed by atoms with Gasteiger partial charge < -0.3 is 10.2 Å². The first-order chi connectivity index (χ1) is 10.1. The molecule has 2 unspecified atom stereocenters. The fraction of sp³-hybridized carbons (Fsp3) is 0.467. The monoisotopic (exact) mass is 351 g/mol. The van der Waals surface area contributed by atoms with Crippen molar-refractivity contribution >= 4 is 27.7 Å². The van der Waals surface area contributed by atoms with Gasteiger partial charge in [0.05, 0.1) is 12.1 Å². The van der Waals surface area contributed by atoms with E-state index in [1.54, 1.807) is 0 Å². The van der Waals surface area contributed by atoms with Crippen LogP contribution in [0.3, 0.4) is 0 Å². The summed E-state index contributed by atoms with van der Waals surface area (Å²) < 4.78 is 0.968. The van der Waals surface area contributed by atoms with Crippen LogP contribution in [-0.4, -0.2) is 59.9 Å². The molecule has 112 valence electrons. The summed E-state index contributed by atoms with van der Waals surface area (Å²) in [4.78, 5) is 28.2. The maximum Gasteiger partial charge on any atom is 0.317 e. The second-order valence-corrected chi connectivity index (χ2v) is 6.49. The molecule has 1 N–H and O–H groups in total. The molecule has 2 fully saturated rings. The van der Waals surface area contributed by atoms with Crippen LogP contribution >= 0.6 is 15.9 Å². The number of Topliss-reactive ketones (excluding diaryl/α,β-unsaturated/α-hetero) is 1. The SMILES string of the molecule is CC(C(=O)c1ccc(Br)cc1)N1CCN2C(=O)NCC2C1. The summed E-state index contributed by atoms with van der Waals surface area (Å²) in [6.45, 7) is 4.81. The Morgan fingerprint density at radius 2 is 2.05 bits per heavy atom. The summed E-state index contributed by atoms with van der Waals surface area (Å²) >= 11 is 3.38.